The molecule has 10 heteroatoms. The van der Waals surface area contributed by atoms with Crippen molar-refractivity contribution in [3.63, 3.8) is 0 Å². The molecule has 6 rings (SSSR count). The van der Waals surface area contributed by atoms with Gasteiger partial charge in [0.15, 0.2) is 5.65 Å². The van der Waals surface area contributed by atoms with Crippen molar-refractivity contribution in [2.75, 3.05) is 24.6 Å². The van der Waals surface area contributed by atoms with Crippen LogP contribution < -0.4 is 4.90 Å². The molecule has 2 aliphatic carbocycles. The minimum atomic E-state index is -2.29. The molecule has 2 saturated carbocycles. The molecule has 3 fully saturated rings. The van der Waals surface area contributed by atoms with Gasteiger partial charge in [-0.05, 0) is 39.5 Å². The van der Waals surface area contributed by atoms with Crippen LogP contribution in [0.25, 0.3) is 11.2 Å². The zero-order chi connectivity index (χ0) is 22.7. The quantitative estimate of drug-likeness (QED) is 0.577. The van der Waals surface area contributed by atoms with E-state index in [1.165, 1.54) is 12.8 Å². The van der Waals surface area contributed by atoms with Gasteiger partial charge in [0.25, 0.3) is 0 Å². The zero-order valence-corrected chi connectivity index (χ0v) is 18.8. The van der Waals surface area contributed by atoms with Gasteiger partial charge in [-0.15, -0.1) is 0 Å². The van der Waals surface area contributed by atoms with Crippen LogP contribution >= 0.6 is 0 Å². The summed E-state index contributed by atoms with van der Waals surface area (Å²) in [6.45, 7) is 5.61. The van der Waals surface area contributed by atoms with Crippen LogP contribution in [-0.2, 0) is 4.74 Å². The molecule has 0 radical (unpaired) electrons. The maximum Gasteiger partial charge on any atom is 0.241 e. The van der Waals surface area contributed by atoms with E-state index < -0.39 is 12.3 Å². The maximum absolute atomic E-state index is 13.1. The Bertz CT molecular complexity index is 1190. The molecule has 0 aromatic carbocycles. The second-order valence-corrected chi connectivity index (χ2v) is 9.53. The van der Waals surface area contributed by atoms with Crippen LogP contribution in [-0.4, -0.2) is 55.8 Å². The first-order valence-corrected chi connectivity index (χ1v) is 11.7. The van der Waals surface area contributed by atoms with Crippen LogP contribution in [0.3, 0.4) is 0 Å². The third-order valence-electron chi connectivity index (χ3n) is 7.14. The minimum Gasteiger partial charge on any atom is -0.370 e. The SMILES string of the molecule is Cc1nc2nc(N3CCO[C@H](c4cnn(C5CC5)c4)C3)nc(C3CC(C(F)F)C3)c2nc1C. The lowest BCUT2D eigenvalue weighted by Crippen LogP contribution is -2.39. The zero-order valence-electron chi connectivity index (χ0n) is 18.8. The van der Waals surface area contributed by atoms with Gasteiger partial charge in [-0.2, -0.15) is 10.1 Å². The number of anilines is 1. The van der Waals surface area contributed by atoms with Crippen LogP contribution in [0.4, 0.5) is 14.7 Å². The fraction of sp³-hybridized carbons (Fsp3) is 0.609. The molecule has 0 amide bonds. The highest BCUT2D eigenvalue weighted by Gasteiger charge is 2.39. The third-order valence-corrected chi connectivity index (χ3v) is 7.14. The third kappa shape index (κ3) is 3.84. The van der Waals surface area contributed by atoms with E-state index in [1.807, 2.05) is 24.7 Å². The van der Waals surface area contributed by atoms with Crippen LogP contribution in [0.1, 0.15) is 66.4 Å². The number of fused-ring (bicyclic) bond motifs is 1. The van der Waals surface area contributed by atoms with Crippen LogP contribution in [0.5, 0.6) is 0 Å². The largest absolute Gasteiger partial charge is 0.370 e. The Morgan fingerprint density at radius 3 is 2.61 bits per heavy atom. The summed E-state index contributed by atoms with van der Waals surface area (Å²) >= 11 is 0. The average molecular weight is 456 g/mol. The van der Waals surface area contributed by atoms with E-state index in [0.717, 1.165) is 22.6 Å². The van der Waals surface area contributed by atoms with Crippen LogP contribution in [0, 0.1) is 19.8 Å². The van der Waals surface area contributed by atoms with Crippen molar-refractivity contribution in [1.82, 2.24) is 29.7 Å². The molecule has 33 heavy (non-hydrogen) atoms. The Hall–Kier alpha value is -2.75. The van der Waals surface area contributed by atoms with Gasteiger partial charge in [0, 0.05) is 30.1 Å². The highest BCUT2D eigenvalue weighted by Crippen LogP contribution is 2.45. The van der Waals surface area contributed by atoms with E-state index in [2.05, 4.69) is 21.2 Å². The summed E-state index contributed by atoms with van der Waals surface area (Å²) in [5.74, 6) is -0.0459. The van der Waals surface area contributed by atoms with Crippen molar-refractivity contribution in [2.45, 2.75) is 64.0 Å². The molecule has 8 nitrogen and oxygen atoms in total. The number of hydrogen-bond donors (Lipinski definition) is 0. The van der Waals surface area contributed by atoms with Gasteiger partial charge in [-0.1, -0.05) is 0 Å². The molecule has 4 heterocycles. The predicted molar refractivity (Wildman–Crippen MR) is 117 cm³/mol. The number of nitrogens with zero attached hydrogens (tertiary/aromatic N) is 7. The van der Waals surface area contributed by atoms with Gasteiger partial charge < -0.3 is 9.64 Å². The first kappa shape index (κ1) is 20.8. The van der Waals surface area contributed by atoms with E-state index in [9.17, 15) is 8.78 Å². The Morgan fingerprint density at radius 2 is 1.85 bits per heavy atom. The molecule has 3 aromatic heterocycles. The van der Waals surface area contributed by atoms with Crippen molar-refractivity contribution in [3.8, 4) is 0 Å². The Morgan fingerprint density at radius 1 is 1.06 bits per heavy atom. The van der Waals surface area contributed by atoms with E-state index in [4.69, 9.17) is 19.7 Å². The first-order valence-electron chi connectivity index (χ1n) is 11.7. The van der Waals surface area contributed by atoms with Gasteiger partial charge in [-0.25, -0.2) is 23.7 Å². The van der Waals surface area contributed by atoms with Gasteiger partial charge in [0.2, 0.25) is 12.4 Å². The van der Waals surface area contributed by atoms with Crippen molar-refractivity contribution >= 4 is 17.1 Å². The van der Waals surface area contributed by atoms with Gasteiger partial charge >= 0.3 is 0 Å². The molecular formula is C23H27F2N7O. The Labute approximate surface area is 190 Å². The molecule has 1 atom stereocenters. The molecule has 3 aromatic rings. The van der Waals surface area contributed by atoms with E-state index in [1.54, 1.807) is 0 Å². The fourth-order valence-corrected chi connectivity index (χ4v) is 4.73. The summed E-state index contributed by atoms with van der Waals surface area (Å²) in [6, 6.07) is 0.523. The summed E-state index contributed by atoms with van der Waals surface area (Å²) in [7, 11) is 0. The standard InChI is InChI=1S/C23H27F2N7O/c1-12-13(2)28-22-20(27-12)19(14-7-15(8-14)21(24)25)29-23(30-22)31-5-6-33-18(11-31)16-9-26-32(10-16)17-3-4-17/h9-10,14-15,17-18,21H,3-8,11H2,1-2H3/t14?,15?,18-/m0/s1. The number of hydrogen-bond acceptors (Lipinski definition) is 7. The van der Waals surface area contributed by atoms with Gasteiger partial charge in [0.1, 0.15) is 11.6 Å². The lowest BCUT2D eigenvalue weighted by molar-refractivity contribution is 0.0220. The number of aromatic nitrogens is 6. The molecule has 3 aliphatic rings. The highest BCUT2D eigenvalue weighted by atomic mass is 19.3. The summed E-state index contributed by atoms with van der Waals surface area (Å²) in [5.41, 5.74) is 4.58. The molecule has 0 unspecified atom stereocenters. The number of alkyl halides is 2. The smallest absolute Gasteiger partial charge is 0.241 e. The number of morpholine rings is 1. The normalized spacial score (nSPS) is 25.6. The Kier molecular flexibility index (Phi) is 5.01. The molecule has 0 N–H and O–H groups in total. The van der Waals surface area contributed by atoms with Crippen LogP contribution in [0.2, 0.25) is 0 Å². The van der Waals surface area contributed by atoms with E-state index in [0.29, 0.717) is 55.7 Å². The molecule has 1 saturated heterocycles. The lowest BCUT2D eigenvalue weighted by Gasteiger charge is -2.36. The number of ether oxygens (including phenoxy) is 1. The monoisotopic (exact) mass is 455 g/mol. The topological polar surface area (TPSA) is 81.9 Å². The van der Waals surface area contributed by atoms with Gasteiger partial charge in [0.05, 0.1) is 42.5 Å². The predicted octanol–water partition coefficient (Wildman–Crippen LogP) is 3.90. The summed E-state index contributed by atoms with van der Waals surface area (Å²) in [5, 5.41) is 4.49. The van der Waals surface area contributed by atoms with E-state index in [-0.39, 0.29) is 12.0 Å². The highest BCUT2D eigenvalue weighted by molar-refractivity contribution is 5.75. The van der Waals surface area contributed by atoms with Crippen molar-refractivity contribution in [2.24, 2.45) is 5.92 Å². The van der Waals surface area contributed by atoms with E-state index >= 15 is 0 Å². The molecule has 0 bridgehead atoms. The minimum absolute atomic E-state index is 0.0433. The number of aryl methyl sites for hydroxylation is 2. The second-order valence-electron chi connectivity index (χ2n) is 9.53. The first-order chi connectivity index (χ1) is 16.0. The summed E-state index contributed by atoms with van der Waals surface area (Å²) in [6.07, 6.45) is 4.76. The van der Waals surface area contributed by atoms with Crippen molar-refractivity contribution < 1.29 is 13.5 Å². The van der Waals surface area contributed by atoms with Crippen molar-refractivity contribution in [3.05, 3.63) is 35.0 Å². The van der Waals surface area contributed by atoms with Crippen molar-refractivity contribution in [1.29, 1.82) is 0 Å². The number of halogens is 2. The molecule has 174 valence electrons. The Balaban J connectivity index is 1.32. The summed E-state index contributed by atoms with van der Waals surface area (Å²) < 4.78 is 34.3. The fourth-order valence-electron chi connectivity index (χ4n) is 4.73. The molecule has 0 spiro atoms. The van der Waals surface area contributed by atoms with Gasteiger partial charge in [-0.3, -0.25) is 4.68 Å². The summed E-state index contributed by atoms with van der Waals surface area (Å²) in [4.78, 5) is 21.1. The average Bonchev–Trinajstić information content (AvgIpc) is 3.50. The lowest BCUT2D eigenvalue weighted by atomic mass is 9.73. The maximum atomic E-state index is 13.1. The molecular weight excluding hydrogens is 428 g/mol. The van der Waals surface area contributed by atoms with Crippen LogP contribution in [0.15, 0.2) is 12.4 Å². The molecule has 1 aliphatic heterocycles. The second kappa shape index (κ2) is 7.93. The number of rotatable bonds is 5.